The molecule has 156 valence electrons. The highest BCUT2D eigenvalue weighted by Crippen LogP contribution is 2.37. The summed E-state index contributed by atoms with van der Waals surface area (Å²) in [5.74, 6) is 0.435. The van der Waals surface area contributed by atoms with Crippen LogP contribution in [0.25, 0.3) is 22.2 Å². The monoisotopic (exact) mass is 434 g/mol. The average molecular weight is 435 g/mol. The van der Waals surface area contributed by atoms with Crippen molar-refractivity contribution in [2.45, 2.75) is 39.3 Å². The number of fused-ring (bicyclic) bond motifs is 1. The molecule has 7 nitrogen and oxygen atoms in total. The Morgan fingerprint density at radius 1 is 1.10 bits per heavy atom. The van der Waals surface area contributed by atoms with E-state index in [4.69, 9.17) is 25.8 Å². The van der Waals surface area contributed by atoms with E-state index in [0.717, 1.165) is 33.8 Å². The molecule has 0 saturated heterocycles. The molecular weight excluding hydrogens is 408 g/mol. The minimum Gasteiger partial charge on any atom is -0.480 e. The fourth-order valence-corrected chi connectivity index (χ4v) is 4.07. The van der Waals surface area contributed by atoms with Crippen LogP contribution < -0.4 is 9.47 Å². The first-order valence-electron chi connectivity index (χ1n) is 9.42. The fraction of sp³-hybridized carbons (Fsp3) is 0.450. The second-order valence-corrected chi connectivity index (χ2v) is 14.1. The summed E-state index contributed by atoms with van der Waals surface area (Å²) in [7, 11) is 1.93. The lowest BCUT2D eigenvalue weighted by molar-refractivity contribution is 0.0912. The number of rotatable bonds is 8. The van der Waals surface area contributed by atoms with Crippen LogP contribution in [0.1, 0.15) is 5.56 Å². The molecule has 0 N–H and O–H groups in total. The highest BCUT2D eigenvalue weighted by Gasteiger charge is 2.22. The number of hydrogen-bond acceptors (Lipinski definition) is 6. The summed E-state index contributed by atoms with van der Waals surface area (Å²) in [6.45, 7) is 10.1. The fourth-order valence-electron chi connectivity index (χ4n) is 3.17. The summed E-state index contributed by atoms with van der Waals surface area (Å²) in [5, 5.41) is 1.43. The molecule has 0 radical (unpaired) electrons. The van der Waals surface area contributed by atoms with E-state index in [1.165, 1.54) is 7.11 Å². The molecule has 3 aromatic heterocycles. The Kier molecular flexibility index (Phi) is 6.45. The van der Waals surface area contributed by atoms with Crippen molar-refractivity contribution in [2.24, 2.45) is 0 Å². The summed E-state index contributed by atoms with van der Waals surface area (Å²) in [4.78, 5) is 12.9. The molecule has 0 spiro atoms. The van der Waals surface area contributed by atoms with E-state index in [1.54, 1.807) is 19.5 Å². The first-order chi connectivity index (χ1) is 13.7. The van der Waals surface area contributed by atoms with Crippen LogP contribution in [0.5, 0.6) is 11.9 Å². The molecule has 0 aliphatic heterocycles. The van der Waals surface area contributed by atoms with Crippen molar-refractivity contribution in [1.82, 2.24) is 19.5 Å². The van der Waals surface area contributed by atoms with Crippen LogP contribution >= 0.6 is 11.6 Å². The van der Waals surface area contributed by atoms with Crippen molar-refractivity contribution in [3.8, 4) is 23.1 Å². The first kappa shape index (κ1) is 21.5. The lowest BCUT2D eigenvalue weighted by atomic mass is 10.1. The Morgan fingerprint density at radius 3 is 2.52 bits per heavy atom. The van der Waals surface area contributed by atoms with Crippen molar-refractivity contribution in [2.75, 3.05) is 20.8 Å². The van der Waals surface area contributed by atoms with Crippen molar-refractivity contribution < 1.29 is 14.2 Å². The zero-order valence-corrected chi connectivity index (χ0v) is 19.5. The van der Waals surface area contributed by atoms with Gasteiger partial charge in [0.25, 0.3) is 0 Å². The topological polar surface area (TPSA) is 71.3 Å². The van der Waals surface area contributed by atoms with E-state index in [0.29, 0.717) is 24.4 Å². The average Bonchev–Trinajstić information content (AvgIpc) is 2.95. The van der Waals surface area contributed by atoms with Gasteiger partial charge in [-0.3, -0.25) is 0 Å². The van der Waals surface area contributed by atoms with Gasteiger partial charge in [-0.1, -0.05) is 31.2 Å². The normalized spacial score (nSPS) is 11.8. The van der Waals surface area contributed by atoms with Gasteiger partial charge < -0.3 is 18.8 Å². The number of hydrogen-bond donors (Lipinski definition) is 0. The quantitative estimate of drug-likeness (QED) is 0.288. The number of methoxy groups -OCH3 is 2. The zero-order valence-electron chi connectivity index (χ0n) is 17.7. The van der Waals surface area contributed by atoms with E-state index in [1.807, 2.05) is 13.0 Å². The Hall–Kier alpha value is -2.16. The van der Waals surface area contributed by atoms with Crippen LogP contribution in [0.15, 0.2) is 18.5 Å². The van der Waals surface area contributed by atoms with Crippen LogP contribution in [0.3, 0.4) is 0 Å². The summed E-state index contributed by atoms with van der Waals surface area (Å²) in [6.07, 6.45) is 3.49. The van der Waals surface area contributed by atoms with Crippen LogP contribution in [0.4, 0.5) is 0 Å². The Morgan fingerprint density at radius 2 is 1.86 bits per heavy atom. The van der Waals surface area contributed by atoms with Gasteiger partial charge in [0, 0.05) is 32.5 Å². The van der Waals surface area contributed by atoms with E-state index in [2.05, 4.69) is 39.2 Å². The molecule has 0 saturated carbocycles. The minimum atomic E-state index is -1.17. The van der Waals surface area contributed by atoms with Crippen molar-refractivity contribution >= 4 is 30.6 Å². The molecule has 3 rings (SSSR count). The van der Waals surface area contributed by atoms with Crippen LogP contribution in [0.2, 0.25) is 30.8 Å². The van der Waals surface area contributed by atoms with Gasteiger partial charge in [0.1, 0.15) is 11.9 Å². The third kappa shape index (κ3) is 4.71. The van der Waals surface area contributed by atoms with Crippen molar-refractivity contribution in [3.05, 3.63) is 29.2 Å². The number of pyridine rings is 1. The van der Waals surface area contributed by atoms with Gasteiger partial charge in [0.05, 0.1) is 31.0 Å². The maximum atomic E-state index is 6.19. The molecular formula is C20H27ClN4O3Si. The summed E-state index contributed by atoms with van der Waals surface area (Å²) >= 11 is 6.19. The van der Waals surface area contributed by atoms with E-state index >= 15 is 0 Å². The minimum absolute atomic E-state index is 0.252. The molecule has 3 heterocycles. The Labute approximate surface area is 177 Å². The zero-order chi connectivity index (χ0) is 21.2. The van der Waals surface area contributed by atoms with Gasteiger partial charge in [-0.15, -0.1) is 0 Å². The molecule has 9 heteroatoms. The number of ether oxygens (including phenoxy) is 3. The lowest BCUT2D eigenvalue weighted by Crippen LogP contribution is -2.22. The standard InChI is InChI=1S/C20H27ClN4O3Si/c1-13-14-10-22-17(21)9-16(14)25(12-28-7-8-29(4,5)6)18(13)15-11-23-20(27-3)24-19(15)26-2/h9-11H,7-8,12H2,1-6H3. The van der Waals surface area contributed by atoms with Gasteiger partial charge in [0.15, 0.2) is 0 Å². The van der Waals surface area contributed by atoms with Crippen molar-refractivity contribution in [3.63, 3.8) is 0 Å². The third-order valence-corrected chi connectivity index (χ3v) is 6.66. The van der Waals surface area contributed by atoms with Gasteiger partial charge in [0.2, 0.25) is 5.88 Å². The number of nitrogens with zero attached hydrogens (tertiary/aromatic N) is 4. The van der Waals surface area contributed by atoms with Gasteiger partial charge >= 0.3 is 6.01 Å². The molecule has 0 aliphatic carbocycles. The largest absolute Gasteiger partial charge is 0.480 e. The predicted octanol–water partition coefficient (Wildman–Crippen LogP) is 4.78. The Bertz CT molecular complexity index is 1020. The highest BCUT2D eigenvalue weighted by molar-refractivity contribution is 6.76. The van der Waals surface area contributed by atoms with E-state index < -0.39 is 8.07 Å². The maximum absolute atomic E-state index is 6.19. The van der Waals surface area contributed by atoms with Crippen LogP contribution in [-0.4, -0.2) is 48.4 Å². The SMILES string of the molecule is COc1ncc(-c2c(C)c3cnc(Cl)cc3n2COCC[Si](C)(C)C)c(OC)n1. The summed E-state index contributed by atoms with van der Waals surface area (Å²) in [5.41, 5.74) is 3.65. The molecule has 0 unspecified atom stereocenters. The molecule has 0 aliphatic rings. The predicted molar refractivity (Wildman–Crippen MR) is 118 cm³/mol. The van der Waals surface area contributed by atoms with Gasteiger partial charge in [-0.2, -0.15) is 4.98 Å². The number of halogens is 1. The van der Waals surface area contributed by atoms with Crippen LogP contribution in [-0.2, 0) is 11.5 Å². The summed E-state index contributed by atoms with van der Waals surface area (Å²) in [6, 6.07) is 3.20. The Balaban J connectivity index is 2.10. The maximum Gasteiger partial charge on any atom is 0.319 e. The molecule has 3 aromatic rings. The van der Waals surface area contributed by atoms with E-state index in [-0.39, 0.29) is 6.01 Å². The molecule has 29 heavy (non-hydrogen) atoms. The van der Waals surface area contributed by atoms with Gasteiger partial charge in [-0.25, -0.2) is 9.97 Å². The second-order valence-electron chi connectivity index (χ2n) is 8.05. The van der Waals surface area contributed by atoms with Crippen molar-refractivity contribution in [1.29, 1.82) is 0 Å². The number of aryl methyl sites for hydroxylation is 1. The smallest absolute Gasteiger partial charge is 0.319 e. The summed E-state index contributed by atoms with van der Waals surface area (Å²) < 4.78 is 18.8. The third-order valence-electron chi connectivity index (χ3n) is 4.75. The van der Waals surface area contributed by atoms with Crippen LogP contribution in [0, 0.1) is 6.92 Å². The first-order valence-corrected chi connectivity index (χ1v) is 13.5. The molecule has 0 atom stereocenters. The molecule has 0 fully saturated rings. The molecule has 0 bridgehead atoms. The van der Waals surface area contributed by atoms with E-state index in [9.17, 15) is 0 Å². The molecule has 0 aromatic carbocycles. The lowest BCUT2D eigenvalue weighted by Gasteiger charge is -2.17. The molecule has 0 amide bonds. The second kappa shape index (κ2) is 8.69. The highest BCUT2D eigenvalue weighted by atomic mass is 35.5. The number of aromatic nitrogens is 4. The van der Waals surface area contributed by atoms with Gasteiger partial charge in [-0.05, 0) is 24.6 Å².